The lowest BCUT2D eigenvalue weighted by atomic mass is 9.33. The average molecular weight is 1700 g/mol. The molecule has 10 nitrogen and oxygen atoms in total. The van der Waals surface area contributed by atoms with Gasteiger partial charge in [0.05, 0.1) is 0 Å². The maximum atomic E-state index is 5.39. The van der Waals surface area contributed by atoms with Crippen LogP contribution in [0.5, 0.6) is 0 Å². The van der Waals surface area contributed by atoms with Crippen LogP contribution in [0.15, 0.2) is 267 Å². The molecule has 0 spiro atoms. The highest BCUT2D eigenvalue weighted by atomic mass is 15.2. The number of anilines is 12. The zero-order valence-electron chi connectivity index (χ0n) is 78.5. The van der Waals surface area contributed by atoms with Gasteiger partial charge >= 0.3 is 0 Å². The van der Waals surface area contributed by atoms with Crippen molar-refractivity contribution in [1.29, 1.82) is 0 Å². The van der Waals surface area contributed by atoms with E-state index in [1.54, 1.807) is 12.7 Å². The third kappa shape index (κ3) is 16.2. The Bertz CT molecular complexity index is 6140. The molecular weight excluding hydrogens is 1580 g/mol. The molecule has 0 N–H and O–H groups in total. The van der Waals surface area contributed by atoms with E-state index in [1.165, 1.54) is 251 Å². The van der Waals surface area contributed by atoms with Gasteiger partial charge in [0.15, 0.2) is 23.3 Å². The van der Waals surface area contributed by atoms with E-state index in [-0.39, 0.29) is 35.1 Å². The van der Waals surface area contributed by atoms with E-state index >= 15 is 0 Å². The molecule has 8 aliphatic rings. The largest absolute Gasteiger partial charge is 0.311 e. The second kappa shape index (κ2) is 34.4. The lowest BCUT2D eigenvalue weighted by Crippen LogP contribution is -2.61. The first-order valence-corrected chi connectivity index (χ1v) is 49.0. The van der Waals surface area contributed by atoms with Crippen molar-refractivity contribution in [3.05, 3.63) is 312 Å². The van der Waals surface area contributed by atoms with Crippen LogP contribution in [-0.4, -0.2) is 43.3 Å². The fourth-order valence-corrected chi connectivity index (χ4v) is 23.0. The van der Waals surface area contributed by atoms with Crippen molar-refractivity contribution in [3.63, 3.8) is 0 Å². The Labute approximate surface area is 773 Å². The minimum atomic E-state index is 0.0134. The van der Waals surface area contributed by atoms with Crippen molar-refractivity contribution in [1.82, 2.24) is 29.9 Å². The van der Waals surface area contributed by atoms with Crippen LogP contribution < -0.4 is 52.4 Å². The summed E-state index contributed by atoms with van der Waals surface area (Å²) in [7, 11) is 0. The van der Waals surface area contributed by atoms with Gasteiger partial charge in [0, 0.05) is 90.5 Å². The summed E-state index contributed by atoms with van der Waals surface area (Å²) in [5.74, 6) is 5.01. The molecule has 0 amide bonds. The van der Waals surface area contributed by atoms with Crippen LogP contribution in [0.1, 0.15) is 280 Å². The van der Waals surface area contributed by atoms with E-state index in [0.29, 0.717) is 47.0 Å². The Morgan fingerprint density at radius 3 is 0.723 bits per heavy atom. The van der Waals surface area contributed by atoms with E-state index in [1.807, 2.05) is 12.1 Å². The SMILES string of the molecule is CC(C)(C)c1ccc(N2c3ccc(C4CCCCC4)cc3B3c4cc(C5CCCCC5)ccc4N(c4ccc(C(C)(C)C)cc4)c4cc(-c5nc(-c6ccccc6)nc(-c6ccccc6)n5)cc2c43)cc1.CC(C)(C)c1ccc(N2c3ccc(C4CCCCC4)cc3B3c4cc(C5CCCCC5)ccc4N(c4ccc(C(C)(C)C)cc4)c4cc(-c5ncncn5)cc2c43)cc1. The molecular formula is C118H124B2N10. The zero-order valence-corrected chi connectivity index (χ0v) is 78.5. The quantitative estimate of drug-likeness (QED) is 0.110. The Hall–Kier alpha value is -12.0. The highest BCUT2D eigenvalue weighted by Crippen LogP contribution is 2.52. The Morgan fingerprint density at radius 2 is 0.477 bits per heavy atom. The number of hydrogen-bond acceptors (Lipinski definition) is 10. The molecule has 14 aromatic rings. The second-order valence-electron chi connectivity index (χ2n) is 42.9. The molecule has 6 heterocycles. The predicted octanol–water partition coefficient (Wildman–Crippen LogP) is 28.0. The number of rotatable bonds is 12. The van der Waals surface area contributed by atoms with Crippen molar-refractivity contribution < 1.29 is 0 Å². The number of benzene rings is 12. The first-order chi connectivity index (χ1) is 63.0. The first-order valence-electron chi connectivity index (χ1n) is 49.0. The van der Waals surface area contributed by atoms with Gasteiger partial charge in [-0.15, -0.1) is 0 Å². The molecule has 0 unspecified atom stereocenters. The fourth-order valence-electron chi connectivity index (χ4n) is 23.0. The molecule has 12 heteroatoms. The van der Waals surface area contributed by atoms with Crippen LogP contribution in [0.3, 0.4) is 0 Å². The molecule has 0 bridgehead atoms. The van der Waals surface area contributed by atoms with Crippen LogP contribution in [0.4, 0.5) is 68.2 Å². The first kappa shape index (κ1) is 84.8. The summed E-state index contributed by atoms with van der Waals surface area (Å²) >= 11 is 0. The summed E-state index contributed by atoms with van der Waals surface area (Å²) in [6, 6.07) is 97.9. The standard InChI is InChI=1S/C65H66BN5.C53H58BN5/c1-64(2,3)50-29-33-52(34-30-50)70-56-37-27-47(43-19-11-7-12-20-43)39-54(56)66-55-40-48(44-21-13-8-14-22-44)28-38-57(55)71(53-35-31-51(32-36-53)65(4,5)6)59-42-49(41-58(70)60(59)66)63-68-61(45-23-15-9-16-24-45)67-62(69-63)46-25-17-10-18-26-46;1-52(2,3)40-19-23-42(24-20-40)58-46-27-17-37(35-13-9-7-10-14-35)29-44(46)54-45-30-38(36-15-11-8-12-16-36)18-28-47(45)59(43-25-21-41(22-26-43)53(4,5)6)49-32-39(31-48(58)50(49)54)51-56-33-55-34-57-51/h9-10,15-18,23-44H,7-8,11-14,19-22H2,1-6H3;17-36H,7-16H2,1-6H3. The number of aromatic nitrogens is 6. The van der Waals surface area contributed by atoms with E-state index in [0.717, 1.165) is 45.0 Å². The average Bonchev–Trinajstić information content (AvgIpc) is 0.696. The molecule has 2 aromatic heterocycles. The maximum Gasteiger partial charge on any atom is 0.252 e. The fraction of sp³-hybridized carbons (Fsp3) is 0.339. The molecule has 22 rings (SSSR count). The second-order valence-corrected chi connectivity index (χ2v) is 42.9. The maximum absolute atomic E-state index is 5.39. The summed E-state index contributed by atoms with van der Waals surface area (Å²) in [5, 5.41) is 0. The summed E-state index contributed by atoms with van der Waals surface area (Å²) in [6.45, 7) is 27.7. The van der Waals surface area contributed by atoms with Crippen molar-refractivity contribution in [2.24, 2.45) is 0 Å². The van der Waals surface area contributed by atoms with Gasteiger partial charge in [0.1, 0.15) is 12.7 Å². The van der Waals surface area contributed by atoms with Crippen LogP contribution in [-0.2, 0) is 21.7 Å². The van der Waals surface area contributed by atoms with E-state index in [4.69, 9.17) is 24.9 Å². The molecule has 0 saturated heterocycles. The van der Waals surface area contributed by atoms with E-state index < -0.39 is 0 Å². The van der Waals surface area contributed by atoms with Gasteiger partial charge in [-0.2, -0.15) is 0 Å². The monoisotopic (exact) mass is 1700 g/mol. The van der Waals surface area contributed by atoms with Gasteiger partial charge in [0.2, 0.25) is 0 Å². The molecule has 4 fully saturated rings. The molecule has 4 saturated carbocycles. The molecule has 0 atom stereocenters. The number of fused-ring (bicyclic) bond motifs is 8. The summed E-state index contributed by atoms with van der Waals surface area (Å²) in [5.41, 5.74) is 38.0. The molecule has 12 aromatic carbocycles. The summed E-state index contributed by atoms with van der Waals surface area (Å²) in [4.78, 5) is 39.8. The Morgan fingerprint density at radius 1 is 0.238 bits per heavy atom. The Kier molecular flexibility index (Phi) is 22.4. The van der Waals surface area contributed by atoms with Crippen molar-refractivity contribution in [3.8, 4) is 45.6 Å². The Balaban J connectivity index is 0.000000160. The van der Waals surface area contributed by atoms with Crippen LogP contribution in [0, 0.1) is 0 Å². The third-order valence-electron chi connectivity index (χ3n) is 30.2. The molecule has 652 valence electrons. The molecule has 130 heavy (non-hydrogen) atoms. The van der Waals surface area contributed by atoms with Crippen molar-refractivity contribution in [2.75, 3.05) is 19.6 Å². The summed E-state index contributed by atoms with van der Waals surface area (Å²) < 4.78 is 0. The summed E-state index contributed by atoms with van der Waals surface area (Å²) in [6.07, 6.45) is 29.3. The minimum Gasteiger partial charge on any atom is -0.311 e. The smallest absolute Gasteiger partial charge is 0.252 e. The number of nitrogens with zero attached hydrogens (tertiary/aromatic N) is 10. The molecule has 4 aliphatic carbocycles. The highest BCUT2D eigenvalue weighted by Gasteiger charge is 2.48. The van der Waals surface area contributed by atoms with Gasteiger partial charge < -0.3 is 19.6 Å². The zero-order chi connectivity index (χ0) is 88.9. The van der Waals surface area contributed by atoms with Crippen molar-refractivity contribution >= 4 is 114 Å². The molecule has 0 radical (unpaired) electrons. The van der Waals surface area contributed by atoms with Gasteiger partial charge in [-0.05, 0) is 271 Å². The third-order valence-corrected chi connectivity index (χ3v) is 30.2. The minimum absolute atomic E-state index is 0.0134. The lowest BCUT2D eigenvalue weighted by molar-refractivity contribution is 0.444. The lowest BCUT2D eigenvalue weighted by Gasteiger charge is -2.45. The van der Waals surface area contributed by atoms with E-state index in [2.05, 4.69) is 350 Å². The van der Waals surface area contributed by atoms with Gasteiger partial charge in [-0.1, -0.05) is 318 Å². The van der Waals surface area contributed by atoms with E-state index in [9.17, 15) is 0 Å². The van der Waals surface area contributed by atoms with Gasteiger partial charge in [-0.25, -0.2) is 29.9 Å². The normalized spacial score (nSPS) is 16.6. The highest BCUT2D eigenvalue weighted by molar-refractivity contribution is 7.01. The predicted molar refractivity (Wildman–Crippen MR) is 548 cm³/mol. The van der Waals surface area contributed by atoms with Gasteiger partial charge in [0.25, 0.3) is 13.4 Å². The van der Waals surface area contributed by atoms with Crippen molar-refractivity contribution in [2.45, 2.75) is 257 Å². The van der Waals surface area contributed by atoms with Crippen LogP contribution in [0.2, 0.25) is 0 Å². The van der Waals surface area contributed by atoms with Gasteiger partial charge in [-0.3, -0.25) is 0 Å². The molecule has 4 aliphatic heterocycles. The van der Waals surface area contributed by atoms with Crippen LogP contribution >= 0.6 is 0 Å². The van der Waals surface area contributed by atoms with Crippen LogP contribution in [0.25, 0.3) is 45.6 Å². The topological polar surface area (TPSA) is 90.3 Å². The number of hydrogen-bond donors (Lipinski definition) is 0.